The Morgan fingerprint density at radius 2 is 1.08 bits per heavy atom. The standard InChI is InChI=1S/C32H64N2O3.ClH/c1-3-5-7-9-11-12-13-14-15-16-17-18-20-24-28-37-31(35)29-30(25-21-22-26-33)32(36)34-27-23-19-10-8-6-4-2;/h30H,3-29,33H2,1-2H3,(H,34,36);1H/t30-;/m1./s1. The molecule has 0 aliphatic heterocycles. The predicted octanol–water partition coefficient (Wildman–Crippen LogP) is 9.04. The van der Waals surface area contributed by atoms with Gasteiger partial charge in [-0.3, -0.25) is 9.59 Å². The summed E-state index contributed by atoms with van der Waals surface area (Å²) in [5, 5.41) is 3.05. The second-order valence-electron chi connectivity index (χ2n) is 11.1. The van der Waals surface area contributed by atoms with Crippen molar-refractivity contribution in [1.82, 2.24) is 5.32 Å². The number of hydrogen-bond donors (Lipinski definition) is 2. The van der Waals surface area contributed by atoms with Gasteiger partial charge in [-0.05, 0) is 32.2 Å². The minimum atomic E-state index is -0.296. The number of nitrogens with two attached hydrogens (primary N) is 1. The highest BCUT2D eigenvalue weighted by molar-refractivity contribution is 5.85. The molecule has 0 heterocycles. The van der Waals surface area contributed by atoms with Crippen molar-refractivity contribution in [1.29, 1.82) is 0 Å². The van der Waals surface area contributed by atoms with Crippen molar-refractivity contribution >= 4 is 24.3 Å². The quantitative estimate of drug-likeness (QED) is 0.0705. The molecule has 0 aliphatic carbocycles. The Kier molecular flexibility index (Phi) is 33.5. The van der Waals surface area contributed by atoms with Crippen LogP contribution >= 0.6 is 12.4 Å². The maximum Gasteiger partial charge on any atom is 0.306 e. The molecule has 38 heavy (non-hydrogen) atoms. The largest absolute Gasteiger partial charge is 0.466 e. The zero-order chi connectivity index (χ0) is 27.2. The van der Waals surface area contributed by atoms with Gasteiger partial charge < -0.3 is 15.8 Å². The zero-order valence-corrected chi connectivity index (χ0v) is 26.2. The van der Waals surface area contributed by atoms with Gasteiger partial charge in [-0.1, -0.05) is 136 Å². The number of carbonyl (C=O) groups excluding carboxylic acids is 2. The molecule has 0 aromatic heterocycles. The Bertz CT molecular complexity index is 505. The van der Waals surface area contributed by atoms with Crippen LogP contribution in [0.2, 0.25) is 0 Å². The number of carbonyl (C=O) groups is 2. The first-order valence-corrected chi connectivity index (χ1v) is 16.3. The van der Waals surface area contributed by atoms with Crippen LogP contribution in [0.25, 0.3) is 0 Å². The van der Waals surface area contributed by atoms with E-state index >= 15 is 0 Å². The van der Waals surface area contributed by atoms with Crippen LogP contribution in [-0.2, 0) is 14.3 Å². The third kappa shape index (κ3) is 28.2. The number of esters is 1. The Hall–Kier alpha value is -0.810. The Labute approximate surface area is 243 Å². The zero-order valence-electron chi connectivity index (χ0n) is 25.4. The topological polar surface area (TPSA) is 81.4 Å². The molecular weight excluding hydrogens is 496 g/mol. The summed E-state index contributed by atoms with van der Waals surface area (Å²) in [6.45, 7) is 6.29. The predicted molar refractivity (Wildman–Crippen MR) is 166 cm³/mol. The number of ether oxygens (including phenoxy) is 1. The summed E-state index contributed by atoms with van der Waals surface area (Å²) < 4.78 is 5.47. The van der Waals surface area contributed by atoms with Gasteiger partial charge in [0.1, 0.15) is 0 Å². The minimum Gasteiger partial charge on any atom is -0.466 e. The lowest BCUT2D eigenvalue weighted by molar-refractivity contribution is -0.147. The summed E-state index contributed by atoms with van der Waals surface area (Å²) in [4.78, 5) is 25.0. The molecule has 0 saturated carbocycles. The van der Waals surface area contributed by atoms with E-state index in [2.05, 4.69) is 19.2 Å². The van der Waals surface area contributed by atoms with Crippen LogP contribution in [-0.4, -0.2) is 31.6 Å². The second-order valence-corrected chi connectivity index (χ2v) is 11.1. The minimum absolute atomic E-state index is 0. The van der Waals surface area contributed by atoms with E-state index in [-0.39, 0.29) is 36.6 Å². The molecule has 0 rings (SSSR count). The summed E-state index contributed by atoms with van der Waals surface area (Å²) in [6, 6.07) is 0. The fraction of sp³-hybridized carbons (Fsp3) is 0.938. The van der Waals surface area contributed by atoms with Crippen LogP contribution in [0.4, 0.5) is 0 Å². The van der Waals surface area contributed by atoms with E-state index in [0.717, 1.165) is 38.5 Å². The van der Waals surface area contributed by atoms with Gasteiger partial charge in [0, 0.05) is 12.5 Å². The molecule has 3 N–H and O–H groups in total. The first kappa shape index (κ1) is 39.3. The molecule has 1 atom stereocenters. The number of hydrogen-bond acceptors (Lipinski definition) is 4. The SMILES string of the molecule is CCCCCCCCCCCCCCCCOC(=O)C[C@@H](CCCCN)C(=O)NCCCCCCCC.Cl. The molecule has 0 aromatic carbocycles. The van der Waals surface area contributed by atoms with Gasteiger partial charge in [-0.2, -0.15) is 0 Å². The van der Waals surface area contributed by atoms with Crippen molar-refractivity contribution in [3.05, 3.63) is 0 Å². The second kappa shape index (κ2) is 32.4. The average molecular weight is 561 g/mol. The molecule has 0 saturated heterocycles. The van der Waals surface area contributed by atoms with Crippen molar-refractivity contribution in [3.8, 4) is 0 Å². The summed E-state index contributed by atoms with van der Waals surface area (Å²) in [5.74, 6) is -0.531. The fourth-order valence-electron chi connectivity index (χ4n) is 4.86. The first-order chi connectivity index (χ1) is 18.2. The third-order valence-corrected chi connectivity index (χ3v) is 7.38. The van der Waals surface area contributed by atoms with Crippen molar-refractivity contribution in [2.24, 2.45) is 11.7 Å². The molecule has 6 heteroatoms. The van der Waals surface area contributed by atoms with Crippen molar-refractivity contribution < 1.29 is 14.3 Å². The smallest absolute Gasteiger partial charge is 0.306 e. The Balaban J connectivity index is 0. The molecular formula is C32H65ClN2O3. The van der Waals surface area contributed by atoms with Gasteiger partial charge in [-0.25, -0.2) is 0 Å². The molecule has 1 amide bonds. The molecule has 0 bridgehead atoms. The van der Waals surface area contributed by atoms with Gasteiger partial charge in [0.15, 0.2) is 0 Å². The maximum atomic E-state index is 12.7. The molecule has 0 fully saturated rings. The summed E-state index contributed by atoms with van der Waals surface area (Å²) in [6.07, 6.45) is 28.2. The van der Waals surface area contributed by atoms with E-state index in [9.17, 15) is 9.59 Å². The lowest BCUT2D eigenvalue weighted by Gasteiger charge is -2.16. The Morgan fingerprint density at radius 1 is 0.632 bits per heavy atom. The van der Waals surface area contributed by atoms with Crippen LogP contribution in [0.3, 0.4) is 0 Å². The van der Waals surface area contributed by atoms with Gasteiger partial charge in [0.2, 0.25) is 5.91 Å². The number of unbranched alkanes of at least 4 members (excludes halogenated alkanes) is 19. The van der Waals surface area contributed by atoms with Crippen molar-refractivity contribution in [3.63, 3.8) is 0 Å². The number of amides is 1. The number of halogens is 1. The monoisotopic (exact) mass is 560 g/mol. The van der Waals surface area contributed by atoms with Crippen LogP contribution in [0, 0.1) is 5.92 Å². The highest BCUT2D eigenvalue weighted by atomic mass is 35.5. The van der Waals surface area contributed by atoms with Gasteiger partial charge in [0.25, 0.3) is 0 Å². The highest BCUT2D eigenvalue weighted by Gasteiger charge is 2.22. The van der Waals surface area contributed by atoms with Crippen LogP contribution in [0.15, 0.2) is 0 Å². The molecule has 0 aromatic rings. The molecule has 228 valence electrons. The molecule has 5 nitrogen and oxygen atoms in total. The van der Waals surface area contributed by atoms with E-state index in [1.54, 1.807) is 0 Å². The van der Waals surface area contributed by atoms with E-state index in [0.29, 0.717) is 26.1 Å². The maximum absolute atomic E-state index is 12.7. The van der Waals surface area contributed by atoms with Gasteiger partial charge in [-0.15, -0.1) is 12.4 Å². The molecule has 0 aliphatic rings. The lowest BCUT2D eigenvalue weighted by Crippen LogP contribution is -2.33. The summed E-state index contributed by atoms with van der Waals surface area (Å²) in [7, 11) is 0. The molecule has 0 radical (unpaired) electrons. The van der Waals surface area contributed by atoms with Crippen LogP contribution < -0.4 is 11.1 Å². The van der Waals surface area contributed by atoms with Gasteiger partial charge >= 0.3 is 5.97 Å². The van der Waals surface area contributed by atoms with Crippen LogP contribution in [0.5, 0.6) is 0 Å². The molecule has 0 spiro atoms. The van der Waals surface area contributed by atoms with E-state index < -0.39 is 0 Å². The van der Waals surface area contributed by atoms with Crippen LogP contribution in [0.1, 0.15) is 168 Å². The average Bonchev–Trinajstić information content (AvgIpc) is 2.89. The highest BCUT2D eigenvalue weighted by Crippen LogP contribution is 2.16. The van der Waals surface area contributed by atoms with E-state index in [1.165, 1.54) is 103 Å². The van der Waals surface area contributed by atoms with E-state index in [1.807, 2.05) is 0 Å². The number of rotatable bonds is 29. The van der Waals surface area contributed by atoms with Crippen molar-refractivity contribution in [2.75, 3.05) is 19.7 Å². The van der Waals surface area contributed by atoms with Gasteiger partial charge in [0.05, 0.1) is 13.0 Å². The van der Waals surface area contributed by atoms with Crippen molar-refractivity contribution in [2.45, 2.75) is 168 Å². The lowest BCUT2D eigenvalue weighted by atomic mass is 9.97. The normalized spacial score (nSPS) is 11.7. The Morgan fingerprint density at radius 3 is 1.55 bits per heavy atom. The third-order valence-electron chi connectivity index (χ3n) is 7.38. The summed E-state index contributed by atoms with van der Waals surface area (Å²) >= 11 is 0. The fourth-order valence-corrected chi connectivity index (χ4v) is 4.86. The van der Waals surface area contributed by atoms with E-state index in [4.69, 9.17) is 10.5 Å². The molecule has 0 unspecified atom stereocenters. The first-order valence-electron chi connectivity index (χ1n) is 16.3. The summed E-state index contributed by atoms with van der Waals surface area (Å²) in [5.41, 5.74) is 5.62. The number of nitrogens with one attached hydrogen (secondary N) is 1.